The quantitative estimate of drug-likeness (QED) is 0.648. The summed E-state index contributed by atoms with van der Waals surface area (Å²) in [6.45, 7) is 4.39. The third-order valence-corrected chi connectivity index (χ3v) is 5.35. The molecule has 1 saturated carbocycles. The third-order valence-electron chi connectivity index (χ3n) is 4.63. The summed E-state index contributed by atoms with van der Waals surface area (Å²) < 4.78 is 0.309. The molecule has 0 bridgehead atoms. The van der Waals surface area contributed by atoms with Crippen LogP contribution >= 0.6 is 15.9 Å². The van der Waals surface area contributed by atoms with Crippen LogP contribution in [0.5, 0.6) is 0 Å². The van der Waals surface area contributed by atoms with Gasteiger partial charge in [-0.1, -0.05) is 76.6 Å². The lowest BCUT2D eigenvalue weighted by molar-refractivity contribution is 0.179. The van der Waals surface area contributed by atoms with Crippen LogP contribution in [0.15, 0.2) is 60.7 Å². The molecule has 1 aliphatic carbocycles. The zero-order valence-electron chi connectivity index (χ0n) is 13.2. The highest BCUT2D eigenvalue weighted by atomic mass is 79.9. The molecule has 0 heterocycles. The molecule has 2 atom stereocenters. The minimum atomic E-state index is 0.309. The summed E-state index contributed by atoms with van der Waals surface area (Å²) in [5.74, 6) is 0. The van der Waals surface area contributed by atoms with Gasteiger partial charge in [0.25, 0.3) is 0 Å². The molecule has 3 rings (SSSR count). The number of hydrogen-bond donors (Lipinski definition) is 0. The Morgan fingerprint density at radius 3 is 1.86 bits per heavy atom. The van der Waals surface area contributed by atoms with E-state index in [0.29, 0.717) is 10.4 Å². The zero-order valence-corrected chi connectivity index (χ0v) is 14.8. The molecule has 1 aliphatic rings. The van der Waals surface area contributed by atoms with E-state index in [0.717, 1.165) is 13.1 Å². The average Bonchev–Trinajstić information content (AvgIpc) is 2.89. The molecule has 0 amide bonds. The van der Waals surface area contributed by atoms with Gasteiger partial charge in [0.1, 0.15) is 0 Å². The van der Waals surface area contributed by atoms with Crippen LogP contribution in [-0.4, -0.2) is 15.3 Å². The molecule has 0 aliphatic heterocycles. The summed E-state index contributed by atoms with van der Waals surface area (Å²) >= 11 is 3.90. The lowest BCUT2D eigenvalue weighted by Gasteiger charge is -2.30. The monoisotopic (exact) mass is 357 g/mol. The summed E-state index contributed by atoms with van der Waals surface area (Å²) in [5.41, 5.74) is 2.81. The van der Waals surface area contributed by atoms with Crippen molar-refractivity contribution in [2.75, 3.05) is 0 Å². The van der Waals surface area contributed by atoms with E-state index in [2.05, 4.69) is 88.4 Å². The Hall–Kier alpha value is -1.12. The van der Waals surface area contributed by atoms with Crippen molar-refractivity contribution in [2.45, 2.75) is 49.6 Å². The van der Waals surface area contributed by atoms with Crippen LogP contribution in [0.3, 0.4) is 0 Å². The molecule has 2 heteroatoms. The molecule has 0 aromatic heterocycles. The number of rotatable bonds is 5. The third kappa shape index (κ3) is 4.21. The Bertz CT molecular complexity index is 538. The largest absolute Gasteiger partial charge is 0.292 e. The molecule has 22 heavy (non-hydrogen) atoms. The van der Waals surface area contributed by atoms with Gasteiger partial charge in [0.2, 0.25) is 0 Å². The highest BCUT2D eigenvalue weighted by molar-refractivity contribution is 9.10. The molecule has 0 N–H and O–H groups in total. The Kier molecular flexibility index (Phi) is 5.00. The number of nitrogens with zero attached hydrogens (tertiary/aromatic N) is 1. The van der Waals surface area contributed by atoms with E-state index >= 15 is 0 Å². The van der Waals surface area contributed by atoms with Crippen LogP contribution in [0.4, 0.5) is 0 Å². The highest BCUT2D eigenvalue weighted by Gasteiger charge is 2.35. The molecule has 2 aromatic rings. The second-order valence-electron chi connectivity index (χ2n) is 6.69. The summed E-state index contributed by atoms with van der Waals surface area (Å²) in [4.78, 5) is 2.65. The van der Waals surface area contributed by atoms with Crippen molar-refractivity contribution in [2.24, 2.45) is 0 Å². The molecule has 1 nitrogen and oxygen atoms in total. The minimum Gasteiger partial charge on any atom is -0.292 e. The molecule has 1 fully saturated rings. The Morgan fingerprint density at radius 2 is 1.45 bits per heavy atom. The fourth-order valence-corrected chi connectivity index (χ4v) is 4.03. The summed E-state index contributed by atoms with van der Waals surface area (Å²) in [7, 11) is 0. The topological polar surface area (TPSA) is 3.24 Å². The molecule has 0 saturated heterocycles. The van der Waals surface area contributed by atoms with Crippen molar-refractivity contribution in [3.63, 3.8) is 0 Å². The van der Waals surface area contributed by atoms with Gasteiger partial charge in [0.05, 0.1) is 0 Å². The molecular weight excluding hydrogens is 334 g/mol. The maximum Gasteiger partial charge on any atom is 0.0245 e. The maximum absolute atomic E-state index is 3.90. The van der Waals surface area contributed by atoms with E-state index in [4.69, 9.17) is 0 Å². The highest BCUT2D eigenvalue weighted by Crippen LogP contribution is 2.40. The predicted molar refractivity (Wildman–Crippen MR) is 97.1 cm³/mol. The van der Waals surface area contributed by atoms with Gasteiger partial charge >= 0.3 is 0 Å². The Balaban J connectivity index is 1.76. The molecule has 116 valence electrons. The van der Waals surface area contributed by atoms with Crippen molar-refractivity contribution < 1.29 is 0 Å². The van der Waals surface area contributed by atoms with E-state index in [9.17, 15) is 0 Å². The van der Waals surface area contributed by atoms with Crippen LogP contribution in [0.25, 0.3) is 0 Å². The standard InChI is InChI=1S/C20H24BrN/c1-20(21)13-12-19(14-20)22(15-17-8-4-2-5-9-17)16-18-10-6-3-7-11-18/h2-11,19H,12-16H2,1H3. The van der Waals surface area contributed by atoms with E-state index in [-0.39, 0.29) is 0 Å². The number of halogens is 1. The van der Waals surface area contributed by atoms with Gasteiger partial charge in [-0.2, -0.15) is 0 Å². The van der Waals surface area contributed by atoms with Crippen LogP contribution in [-0.2, 0) is 13.1 Å². The van der Waals surface area contributed by atoms with Crippen LogP contribution < -0.4 is 0 Å². The maximum atomic E-state index is 3.90. The normalized spacial score (nSPS) is 24.8. The van der Waals surface area contributed by atoms with E-state index in [1.807, 2.05) is 0 Å². The average molecular weight is 358 g/mol. The van der Waals surface area contributed by atoms with Crippen molar-refractivity contribution in [3.05, 3.63) is 71.8 Å². The van der Waals surface area contributed by atoms with Gasteiger partial charge in [-0.3, -0.25) is 4.90 Å². The zero-order chi connectivity index (χ0) is 15.4. The first kappa shape index (κ1) is 15.8. The fraction of sp³-hybridized carbons (Fsp3) is 0.400. The van der Waals surface area contributed by atoms with Gasteiger partial charge in [0, 0.05) is 23.5 Å². The molecule has 0 spiro atoms. The summed E-state index contributed by atoms with van der Waals surface area (Å²) in [6.07, 6.45) is 3.77. The van der Waals surface area contributed by atoms with Crippen LogP contribution in [0.2, 0.25) is 0 Å². The number of hydrogen-bond acceptors (Lipinski definition) is 1. The molecule has 2 aromatic carbocycles. The second-order valence-corrected chi connectivity index (χ2v) is 8.60. The van der Waals surface area contributed by atoms with E-state index in [1.54, 1.807) is 0 Å². The first-order chi connectivity index (χ1) is 10.6. The van der Waals surface area contributed by atoms with E-state index < -0.39 is 0 Å². The van der Waals surface area contributed by atoms with Gasteiger partial charge < -0.3 is 0 Å². The van der Waals surface area contributed by atoms with Gasteiger partial charge in [-0.25, -0.2) is 0 Å². The fourth-order valence-electron chi connectivity index (χ4n) is 3.42. The SMILES string of the molecule is CC1(Br)CCC(N(Cc2ccccc2)Cc2ccccc2)C1. The van der Waals surface area contributed by atoms with Crippen LogP contribution in [0.1, 0.15) is 37.3 Å². The van der Waals surface area contributed by atoms with Crippen molar-refractivity contribution in [1.29, 1.82) is 0 Å². The van der Waals surface area contributed by atoms with Crippen LogP contribution in [0, 0.1) is 0 Å². The first-order valence-corrected chi connectivity index (χ1v) is 8.92. The number of benzene rings is 2. The smallest absolute Gasteiger partial charge is 0.0245 e. The Morgan fingerprint density at radius 1 is 0.955 bits per heavy atom. The van der Waals surface area contributed by atoms with Gasteiger partial charge in [0.15, 0.2) is 0 Å². The first-order valence-electron chi connectivity index (χ1n) is 8.13. The van der Waals surface area contributed by atoms with Crippen molar-refractivity contribution in [1.82, 2.24) is 4.90 Å². The predicted octanol–water partition coefficient (Wildman–Crippen LogP) is 5.39. The molecule has 2 unspecified atom stereocenters. The molecule has 0 radical (unpaired) electrons. The van der Waals surface area contributed by atoms with E-state index in [1.165, 1.54) is 30.4 Å². The summed E-state index contributed by atoms with van der Waals surface area (Å²) in [6, 6.07) is 22.3. The number of alkyl halides is 1. The lowest BCUT2D eigenvalue weighted by atomic mass is 10.1. The van der Waals surface area contributed by atoms with Crippen molar-refractivity contribution >= 4 is 15.9 Å². The Labute approximate surface area is 142 Å². The van der Waals surface area contributed by atoms with Gasteiger partial charge in [-0.15, -0.1) is 0 Å². The second kappa shape index (κ2) is 6.97. The minimum absolute atomic E-state index is 0.309. The van der Waals surface area contributed by atoms with Crippen molar-refractivity contribution in [3.8, 4) is 0 Å². The van der Waals surface area contributed by atoms with Gasteiger partial charge in [-0.05, 0) is 37.3 Å². The molecular formula is C20H24BrN. The lowest BCUT2D eigenvalue weighted by Crippen LogP contribution is -2.33. The summed E-state index contributed by atoms with van der Waals surface area (Å²) in [5, 5.41) is 0.